The van der Waals surface area contributed by atoms with Gasteiger partial charge in [-0.3, -0.25) is 4.90 Å². The molecule has 1 aliphatic carbocycles. The topological polar surface area (TPSA) is 45.0 Å². The molecule has 164 valence electrons. The van der Waals surface area contributed by atoms with Gasteiger partial charge >= 0.3 is 0 Å². The van der Waals surface area contributed by atoms with Crippen LogP contribution >= 0.6 is 0 Å². The first-order valence-corrected chi connectivity index (χ1v) is 11.5. The van der Waals surface area contributed by atoms with Crippen LogP contribution in [-0.2, 0) is 0 Å². The first kappa shape index (κ1) is 20.2. The number of rotatable bonds is 4. The van der Waals surface area contributed by atoms with E-state index in [2.05, 4.69) is 62.4 Å². The zero-order chi connectivity index (χ0) is 21.0. The van der Waals surface area contributed by atoms with Crippen LogP contribution in [0.2, 0.25) is 0 Å². The number of fused-ring (bicyclic) bond motifs is 1. The third kappa shape index (κ3) is 4.22. The Morgan fingerprint density at radius 1 is 0.903 bits per heavy atom. The smallest absolute Gasteiger partial charge is 0.179 e. The number of hydrogen-bond donors (Lipinski definition) is 0. The lowest BCUT2D eigenvalue weighted by Crippen LogP contribution is -2.53. The number of allylic oxidation sites excluding steroid dienone is 2. The minimum absolute atomic E-state index is 0.653. The Bertz CT molecular complexity index is 935. The lowest BCUT2D eigenvalue weighted by Gasteiger charge is -2.43. The van der Waals surface area contributed by atoms with Crippen molar-refractivity contribution < 1.29 is 9.26 Å². The fourth-order valence-corrected chi connectivity index (χ4v) is 5.05. The minimum atomic E-state index is 0.653. The number of anilines is 2. The van der Waals surface area contributed by atoms with Gasteiger partial charge in [0.2, 0.25) is 0 Å². The molecule has 2 saturated heterocycles. The molecule has 1 aromatic carbocycles. The molecular formula is C25H32N4O2. The van der Waals surface area contributed by atoms with Gasteiger partial charge in [0, 0.05) is 45.3 Å². The Labute approximate surface area is 184 Å². The lowest BCUT2D eigenvalue weighted by atomic mass is 10.0. The molecule has 0 atom stereocenters. The molecule has 31 heavy (non-hydrogen) atoms. The van der Waals surface area contributed by atoms with E-state index in [1.807, 2.05) is 6.07 Å². The van der Waals surface area contributed by atoms with Gasteiger partial charge in [-0.2, -0.15) is 0 Å². The number of piperidine rings is 1. The van der Waals surface area contributed by atoms with E-state index in [1.165, 1.54) is 18.5 Å². The van der Waals surface area contributed by atoms with Crippen molar-refractivity contribution in [1.82, 2.24) is 10.1 Å². The number of hydrogen-bond acceptors (Lipinski definition) is 6. The fraction of sp³-hybridized carbons (Fsp3) is 0.480. The third-order valence-corrected chi connectivity index (χ3v) is 6.81. The summed E-state index contributed by atoms with van der Waals surface area (Å²) in [6.07, 6.45) is 13.2. The fourth-order valence-electron chi connectivity index (χ4n) is 5.05. The number of para-hydroxylation sites is 2. The molecule has 2 aliphatic heterocycles. The summed E-state index contributed by atoms with van der Waals surface area (Å²) >= 11 is 0. The first-order valence-electron chi connectivity index (χ1n) is 11.5. The SMILES string of the molecule is COc1ccccc1N1CCN(C2CCN(c3noc4c3/C=C\CC/C=C\4)CC2)CC1. The van der Waals surface area contributed by atoms with Crippen molar-refractivity contribution in [2.45, 2.75) is 31.7 Å². The van der Waals surface area contributed by atoms with Gasteiger partial charge in [-0.1, -0.05) is 35.5 Å². The molecule has 3 heterocycles. The molecule has 1 aromatic heterocycles. The van der Waals surface area contributed by atoms with Gasteiger partial charge in [-0.25, -0.2) is 0 Å². The molecule has 0 N–H and O–H groups in total. The maximum absolute atomic E-state index is 5.64. The van der Waals surface area contributed by atoms with Crippen LogP contribution in [0.5, 0.6) is 5.75 Å². The van der Waals surface area contributed by atoms with Gasteiger partial charge in [-0.05, 0) is 43.9 Å². The average Bonchev–Trinajstić information content (AvgIpc) is 3.20. The lowest BCUT2D eigenvalue weighted by molar-refractivity contribution is 0.159. The molecule has 0 saturated carbocycles. The van der Waals surface area contributed by atoms with Gasteiger partial charge in [0.25, 0.3) is 0 Å². The van der Waals surface area contributed by atoms with Crippen LogP contribution in [0.3, 0.4) is 0 Å². The molecule has 6 nitrogen and oxygen atoms in total. The van der Waals surface area contributed by atoms with Crippen LogP contribution in [0.1, 0.15) is 37.0 Å². The molecule has 2 fully saturated rings. The standard InChI is InChI=1S/C25H32N4O2/c1-30-24-11-7-6-9-22(24)28-18-16-27(17-19-28)20-12-14-29(15-13-20)25-21-8-4-2-3-5-10-23(21)31-26-25/h4-11,20H,2-3,12-19H2,1H3/b8-4-,10-5-. The maximum atomic E-state index is 5.64. The molecule has 5 rings (SSSR count). The maximum Gasteiger partial charge on any atom is 0.179 e. The van der Waals surface area contributed by atoms with Crippen molar-refractivity contribution in [3.8, 4) is 5.75 Å². The number of methoxy groups -OCH3 is 1. The Kier molecular flexibility index (Phi) is 5.98. The summed E-state index contributed by atoms with van der Waals surface area (Å²) in [6.45, 7) is 6.38. The molecule has 2 aromatic rings. The second kappa shape index (κ2) is 9.18. The highest BCUT2D eigenvalue weighted by Gasteiger charge is 2.30. The predicted molar refractivity (Wildman–Crippen MR) is 126 cm³/mol. The number of benzene rings is 1. The first-order chi connectivity index (χ1) is 15.3. The van der Waals surface area contributed by atoms with Crippen LogP contribution in [0.4, 0.5) is 11.5 Å². The van der Waals surface area contributed by atoms with Crippen molar-refractivity contribution in [2.75, 3.05) is 56.2 Å². The second-order valence-electron chi connectivity index (χ2n) is 8.58. The molecule has 0 bridgehead atoms. The zero-order valence-corrected chi connectivity index (χ0v) is 18.4. The molecule has 0 radical (unpaired) electrons. The molecular weight excluding hydrogens is 388 g/mol. The molecule has 0 spiro atoms. The molecule has 0 unspecified atom stereocenters. The summed E-state index contributed by atoms with van der Waals surface area (Å²) in [5.74, 6) is 2.87. The largest absolute Gasteiger partial charge is 0.495 e. The van der Waals surface area contributed by atoms with Crippen LogP contribution in [-0.4, -0.2) is 62.5 Å². The number of piperazine rings is 1. The van der Waals surface area contributed by atoms with Crippen LogP contribution in [0.15, 0.2) is 40.9 Å². The molecule has 3 aliphatic rings. The Morgan fingerprint density at radius 3 is 2.42 bits per heavy atom. The van der Waals surface area contributed by atoms with E-state index in [-0.39, 0.29) is 0 Å². The highest BCUT2D eigenvalue weighted by molar-refractivity contribution is 5.72. The van der Waals surface area contributed by atoms with Crippen molar-refractivity contribution >= 4 is 23.7 Å². The summed E-state index contributed by atoms with van der Waals surface area (Å²) in [5.41, 5.74) is 2.35. The van der Waals surface area contributed by atoms with Crippen molar-refractivity contribution in [3.63, 3.8) is 0 Å². The van der Waals surface area contributed by atoms with E-state index >= 15 is 0 Å². The van der Waals surface area contributed by atoms with Crippen molar-refractivity contribution in [1.29, 1.82) is 0 Å². The van der Waals surface area contributed by atoms with E-state index in [0.29, 0.717) is 6.04 Å². The van der Waals surface area contributed by atoms with E-state index in [9.17, 15) is 0 Å². The number of nitrogens with zero attached hydrogens (tertiary/aromatic N) is 4. The highest BCUT2D eigenvalue weighted by atomic mass is 16.5. The van der Waals surface area contributed by atoms with E-state index in [4.69, 9.17) is 9.26 Å². The van der Waals surface area contributed by atoms with E-state index < -0.39 is 0 Å². The Hall–Kier alpha value is -2.73. The summed E-state index contributed by atoms with van der Waals surface area (Å²) in [7, 11) is 1.75. The Balaban J connectivity index is 1.18. The van der Waals surface area contributed by atoms with E-state index in [1.54, 1.807) is 7.11 Å². The number of aromatic nitrogens is 1. The van der Waals surface area contributed by atoms with Gasteiger partial charge in [0.1, 0.15) is 5.75 Å². The van der Waals surface area contributed by atoms with Gasteiger partial charge in [0.05, 0.1) is 18.4 Å². The average molecular weight is 421 g/mol. The Morgan fingerprint density at radius 2 is 1.65 bits per heavy atom. The molecule has 0 amide bonds. The summed E-state index contributed by atoms with van der Waals surface area (Å²) < 4.78 is 11.2. The zero-order valence-electron chi connectivity index (χ0n) is 18.4. The van der Waals surface area contributed by atoms with Gasteiger partial charge < -0.3 is 19.1 Å². The minimum Gasteiger partial charge on any atom is -0.495 e. The summed E-state index contributed by atoms with van der Waals surface area (Å²) in [4.78, 5) is 7.54. The summed E-state index contributed by atoms with van der Waals surface area (Å²) in [6, 6.07) is 9.00. The normalized spacial score (nSPS) is 22.5. The van der Waals surface area contributed by atoms with Crippen molar-refractivity contribution in [3.05, 3.63) is 47.7 Å². The van der Waals surface area contributed by atoms with Gasteiger partial charge in [0.15, 0.2) is 11.6 Å². The molecule has 6 heteroatoms. The second-order valence-corrected chi connectivity index (χ2v) is 8.58. The summed E-state index contributed by atoms with van der Waals surface area (Å²) in [5, 5.41) is 4.42. The predicted octanol–water partition coefficient (Wildman–Crippen LogP) is 4.29. The number of ether oxygens (including phenoxy) is 1. The quantitative estimate of drug-likeness (QED) is 0.735. The van der Waals surface area contributed by atoms with Crippen LogP contribution in [0.25, 0.3) is 12.2 Å². The van der Waals surface area contributed by atoms with Crippen molar-refractivity contribution in [2.24, 2.45) is 0 Å². The monoisotopic (exact) mass is 420 g/mol. The van der Waals surface area contributed by atoms with Crippen LogP contribution < -0.4 is 14.5 Å². The van der Waals surface area contributed by atoms with Gasteiger partial charge in [-0.15, -0.1) is 0 Å². The third-order valence-electron chi connectivity index (χ3n) is 6.81. The highest BCUT2D eigenvalue weighted by Crippen LogP contribution is 2.32. The van der Waals surface area contributed by atoms with Crippen LogP contribution in [0, 0.1) is 0 Å². The van der Waals surface area contributed by atoms with E-state index in [0.717, 1.165) is 75.0 Å².